The van der Waals surface area contributed by atoms with E-state index in [0.717, 1.165) is 40.6 Å². The fraction of sp³-hybridized carbons (Fsp3) is 0.355. The van der Waals surface area contributed by atoms with Gasteiger partial charge in [-0.2, -0.15) is 0 Å². The molecule has 4 aromatic rings. The van der Waals surface area contributed by atoms with Crippen molar-refractivity contribution in [2.24, 2.45) is 5.92 Å². The van der Waals surface area contributed by atoms with Gasteiger partial charge in [0.15, 0.2) is 5.82 Å². The molecule has 1 amide bonds. The smallest absolute Gasteiger partial charge is 0.277 e. The molecule has 1 aromatic heterocycles. The summed E-state index contributed by atoms with van der Waals surface area (Å²) in [6.07, 6.45) is 2.90. The van der Waals surface area contributed by atoms with Crippen LogP contribution < -0.4 is 16.1 Å². The number of nitrogens with one attached hydrogen (secondary N) is 3. The second kappa shape index (κ2) is 12.4. The molecule has 8 nitrogen and oxygen atoms in total. The largest absolute Gasteiger partial charge is 0.376 e. The van der Waals surface area contributed by atoms with Crippen molar-refractivity contribution in [3.05, 3.63) is 75.1 Å². The van der Waals surface area contributed by atoms with Crippen LogP contribution in [0, 0.1) is 22.2 Å². The molecule has 1 aliphatic heterocycles. The highest BCUT2D eigenvalue weighted by Gasteiger charge is 2.27. The molecule has 2 heterocycles. The van der Waals surface area contributed by atoms with Gasteiger partial charge in [-0.05, 0) is 84.5 Å². The Morgan fingerprint density at radius 3 is 2.78 bits per heavy atom. The van der Waals surface area contributed by atoms with Gasteiger partial charge in [0.1, 0.15) is 11.3 Å². The summed E-state index contributed by atoms with van der Waals surface area (Å²) >= 11 is 2.25. The van der Waals surface area contributed by atoms with Crippen molar-refractivity contribution >= 4 is 50.9 Å². The highest BCUT2D eigenvalue weighted by atomic mass is 127. The van der Waals surface area contributed by atoms with E-state index in [-0.39, 0.29) is 17.4 Å². The van der Waals surface area contributed by atoms with Crippen LogP contribution in [0.15, 0.2) is 54.6 Å². The number of anilines is 2. The monoisotopic (exact) mass is 669 g/mol. The molecule has 3 aromatic carbocycles. The molecule has 41 heavy (non-hydrogen) atoms. The van der Waals surface area contributed by atoms with Crippen molar-refractivity contribution in [1.82, 2.24) is 20.3 Å². The molecule has 214 valence electrons. The number of amides is 1. The Labute approximate surface area is 252 Å². The van der Waals surface area contributed by atoms with E-state index in [1.807, 2.05) is 60.0 Å². The van der Waals surface area contributed by atoms with E-state index in [1.165, 1.54) is 0 Å². The molecular formula is C31H33FIN5O3. The quantitative estimate of drug-likeness (QED) is 0.143. The summed E-state index contributed by atoms with van der Waals surface area (Å²) in [7, 11) is 0. The molecule has 1 unspecified atom stereocenters. The Kier molecular flexibility index (Phi) is 8.52. The van der Waals surface area contributed by atoms with Crippen molar-refractivity contribution in [3.8, 4) is 11.4 Å². The first kappa shape index (κ1) is 28.1. The first-order valence-electron chi connectivity index (χ1n) is 14.0. The number of imidazole rings is 1. The number of hydrogen-bond donors (Lipinski definition) is 3. The van der Waals surface area contributed by atoms with Gasteiger partial charge in [0.2, 0.25) is 0 Å². The van der Waals surface area contributed by atoms with E-state index < -0.39 is 11.7 Å². The van der Waals surface area contributed by atoms with Crippen LogP contribution >= 0.6 is 22.6 Å². The number of aromatic nitrogens is 2. The number of carbonyl (C=O) groups is 1. The third kappa shape index (κ3) is 6.40. The molecule has 2 fully saturated rings. The van der Waals surface area contributed by atoms with Crippen molar-refractivity contribution < 1.29 is 18.8 Å². The van der Waals surface area contributed by atoms with E-state index in [2.05, 4.69) is 38.7 Å². The van der Waals surface area contributed by atoms with Gasteiger partial charge in [-0.1, -0.05) is 30.3 Å². The van der Waals surface area contributed by atoms with Gasteiger partial charge in [0, 0.05) is 34.5 Å². The van der Waals surface area contributed by atoms with E-state index in [9.17, 15) is 4.79 Å². The third-order valence-corrected chi connectivity index (χ3v) is 8.23. The maximum Gasteiger partial charge on any atom is 0.277 e. The zero-order valence-corrected chi connectivity index (χ0v) is 25.0. The first-order valence-corrected chi connectivity index (χ1v) is 15.1. The van der Waals surface area contributed by atoms with Crippen LogP contribution in [0.25, 0.3) is 22.4 Å². The number of hydroxylamine groups is 1. The molecule has 1 saturated heterocycles. The normalized spacial score (nSPS) is 17.1. The molecule has 1 aliphatic carbocycles. The maximum atomic E-state index is 16.8. The standard InChI is InChI=1S/C31H33FIN5O3/c1-19-15-22(33)9-10-25(19)35-28-24(31(39)37-41-18-20-7-8-20)16-26-29(27(28)32)38(13-11-23-17-34-12-14-40-23)30(36-26)21-5-3-2-4-6-21/h2-6,9-10,15-16,20,23,34-35H,7-8,11-14,17-18H2,1H3,(H,37,39). The minimum atomic E-state index is -0.537. The number of hydrogen-bond acceptors (Lipinski definition) is 6. The van der Waals surface area contributed by atoms with E-state index in [1.54, 1.807) is 6.07 Å². The zero-order valence-electron chi connectivity index (χ0n) is 22.9. The number of carbonyl (C=O) groups excluding carboxylic acids is 1. The van der Waals surface area contributed by atoms with Crippen LogP contribution in [0.4, 0.5) is 15.8 Å². The van der Waals surface area contributed by atoms with Gasteiger partial charge in [0.05, 0.1) is 36.1 Å². The van der Waals surface area contributed by atoms with Crippen molar-refractivity contribution in [1.29, 1.82) is 0 Å². The summed E-state index contributed by atoms with van der Waals surface area (Å²) in [5.74, 6) is 0.0519. The predicted molar refractivity (Wildman–Crippen MR) is 166 cm³/mol. The van der Waals surface area contributed by atoms with Gasteiger partial charge in [-0.3, -0.25) is 9.63 Å². The second-order valence-electron chi connectivity index (χ2n) is 10.7. The maximum absolute atomic E-state index is 16.8. The fourth-order valence-electron chi connectivity index (χ4n) is 5.12. The summed E-state index contributed by atoms with van der Waals surface area (Å²) < 4.78 is 25.7. The first-order chi connectivity index (χ1) is 20.0. The van der Waals surface area contributed by atoms with E-state index in [4.69, 9.17) is 14.6 Å². The van der Waals surface area contributed by atoms with Crippen LogP contribution in [0.5, 0.6) is 0 Å². The van der Waals surface area contributed by atoms with Crippen LogP contribution in [-0.4, -0.2) is 47.9 Å². The number of halogens is 2. The Hall–Kier alpha value is -3.06. The number of nitrogens with zero attached hydrogens (tertiary/aromatic N) is 2. The molecule has 1 atom stereocenters. The molecule has 3 N–H and O–H groups in total. The van der Waals surface area contributed by atoms with Gasteiger partial charge >= 0.3 is 0 Å². The second-order valence-corrected chi connectivity index (χ2v) is 11.9. The summed E-state index contributed by atoms with van der Waals surface area (Å²) in [5.41, 5.74) is 6.02. The lowest BCUT2D eigenvalue weighted by molar-refractivity contribution is 0.0213. The number of aryl methyl sites for hydroxylation is 2. The van der Waals surface area contributed by atoms with Crippen molar-refractivity contribution in [2.75, 3.05) is 31.6 Å². The summed E-state index contributed by atoms with van der Waals surface area (Å²) in [6.45, 7) is 5.13. The molecule has 6 rings (SSSR count). The Morgan fingerprint density at radius 1 is 1.22 bits per heavy atom. The van der Waals surface area contributed by atoms with Crippen molar-refractivity contribution in [3.63, 3.8) is 0 Å². The molecule has 0 radical (unpaired) electrons. The lowest BCUT2D eigenvalue weighted by Gasteiger charge is -2.24. The Balaban J connectivity index is 1.45. The van der Waals surface area contributed by atoms with Crippen LogP contribution in [-0.2, 0) is 16.1 Å². The lowest BCUT2D eigenvalue weighted by atomic mass is 10.1. The Morgan fingerprint density at radius 2 is 2.05 bits per heavy atom. The van der Waals surface area contributed by atoms with Crippen LogP contribution in [0.1, 0.15) is 35.2 Å². The van der Waals surface area contributed by atoms with Crippen molar-refractivity contribution in [2.45, 2.75) is 38.8 Å². The fourth-order valence-corrected chi connectivity index (χ4v) is 5.77. The number of fused-ring (bicyclic) bond motifs is 1. The lowest BCUT2D eigenvalue weighted by Crippen LogP contribution is -2.39. The van der Waals surface area contributed by atoms with E-state index >= 15 is 4.39 Å². The summed E-state index contributed by atoms with van der Waals surface area (Å²) in [4.78, 5) is 23.7. The number of ether oxygens (including phenoxy) is 1. The van der Waals surface area contributed by atoms with Crippen LogP contribution in [0.3, 0.4) is 0 Å². The highest BCUT2D eigenvalue weighted by Crippen LogP contribution is 2.36. The average molecular weight is 670 g/mol. The SMILES string of the molecule is Cc1cc(I)ccc1Nc1c(C(=O)NOCC2CC2)cc2nc(-c3ccccc3)n(CCC3CNCCO3)c2c1F. The highest BCUT2D eigenvalue weighted by molar-refractivity contribution is 14.1. The third-order valence-electron chi connectivity index (χ3n) is 7.56. The Bertz CT molecular complexity index is 1550. The number of morpholine rings is 1. The minimum absolute atomic E-state index is 0.0218. The molecule has 2 aliphatic rings. The minimum Gasteiger partial charge on any atom is -0.376 e. The molecule has 1 saturated carbocycles. The zero-order chi connectivity index (χ0) is 28.3. The predicted octanol–water partition coefficient (Wildman–Crippen LogP) is 5.95. The van der Waals surface area contributed by atoms with Gasteiger partial charge in [0.25, 0.3) is 5.91 Å². The topological polar surface area (TPSA) is 89.4 Å². The number of benzene rings is 3. The summed E-state index contributed by atoms with van der Waals surface area (Å²) in [5, 5.41) is 6.59. The molecular weight excluding hydrogens is 636 g/mol. The summed E-state index contributed by atoms with van der Waals surface area (Å²) in [6, 6.07) is 17.2. The van der Waals surface area contributed by atoms with Gasteiger partial charge in [-0.25, -0.2) is 14.9 Å². The van der Waals surface area contributed by atoms with Crippen LogP contribution in [0.2, 0.25) is 0 Å². The molecule has 0 spiro atoms. The average Bonchev–Trinajstić information content (AvgIpc) is 3.73. The van der Waals surface area contributed by atoms with Gasteiger partial charge < -0.3 is 19.9 Å². The van der Waals surface area contributed by atoms with Gasteiger partial charge in [-0.15, -0.1) is 0 Å². The molecule has 10 heteroatoms. The van der Waals surface area contributed by atoms with E-state index in [0.29, 0.717) is 54.6 Å². The molecule has 0 bridgehead atoms. The number of rotatable bonds is 10.